The molecule has 0 spiro atoms. The number of rotatable bonds is 13. The van der Waals surface area contributed by atoms with Gasteiger partial charge in [0.05, 0.1) is 37.1 Å². The molecule has 122 valence electrons. The first kappa shape index (κ1) is 18.5. The molecule has 1 unspecified atom stereocenters. The Morgan fingerprint density at radius 3 is 2.90 bits per heavy atom. The van der Waals surface area contributed by atoms with Crippen LogP contribution in [0.15, 0.2) is 5.51 Å². The Bertz CT molecular complexity index is 360. The van der Waals surface area contributed by atoms with E-state index in [-0.39, 0.29) is 0 Å². The quantitative estimate of drug-likeness (QED) is 0.543. The molecule has 5 nitrogen and oxygen atoms in total. The Hall–Kier alpha value is -0.530. The minimum Gasteiger partial charge on any atom is -0.389 e. The summed E-state index contributed by atoms with van der Waals surface area (Å²) >= 11 is 1.65. The van der Waals surface area contributed by atoms with Gasteiger partial charge in [-0.25, -0.2) is 4.98 Å². The number of hydrogen-bond donors (Lipinski definition) is 2. The third kappa shape index (κ3) is 9.16. The van der Waals surface area contributed by atoms with E-state index in [4.69, 9.17) is 9.47 Å². The number of ether oxygens (including phenoxy) is 2. The van der Waals surface area contributed by atoms with Crippen molar-refractivity contribution in [2.75, 3.05) is 39.5 Å². The van der Waals surface area contributed by atoms with E-state index in [9.17, 15) is 5.11 Å². The molecule has 2 N–H and O–H groups in total. The maximum Gasteiger partial charge on any atom is 0.0897 e. The number of aliphatic hydroxyl groups is 1. The summed E-state index contributed by atoms with van der Waals surface area (Å²) in [6.07, 6.45) is 2.66. The number of nitrogens with one attached hydrogen (secondary N) is 1. The van der Waals surface area contributed by atoms with Crippen molar-refractivity contribution in [3.05, 3.63) is 16.1 Å². The zero-order valence-corrected chi connectivity index (χ0v) is 14.0. The lowest BCUT2D eigenvalue weighted by Gasteiger charge is -2.12. The fourth-order valence-electron chi connectivity index (χ4n) is 1.77. The molecule has 1 rings (SSSR count). The topological polar surface area (TPSA) is 63.6 Å². The van der Waals surface area contributed by atoms with E-state index >= 15 is 0 Å². The van der Waals surface area contributed by atoms with Crippen molar-refractivity contribution in [2.24, 2.45) is 0 Å². The predicted octanol–water partition coefficient (Wildman–Crippen LogP) is 1.78. The first-order valence-electron chi connectivity index (χ1n) is 7.67. The molecule has 0 aliphatic heterocycles. The van der Waals surface area contributed by atoms with Crippen molar-refractivity contribution in [1.82, 2.24) is 10.3 Å². The lowest BCUT2D eigenvalue weighted by atomic mass is 10.3. The fraction of sp³-hybridized carbons (Fsp3) is 0.800. The Labute approximate surface area is 131 Å². The van der Waals surface area contributed by atoms with Gasteiger partial charge in [-0.1, -0.05) is 13.3 Å². The first-order valence-corrected chi connectivity index (χ1v) is 8.55. The summed E-state index contributed by atoms with van der Waals surface area (Å²) < 4.78 is 10.9. The maximum atomic E-state index is 9.76. The van der Waals surface area contributed by atoms with Crippen LogP contribution in [-0.2, 0) is 15.9 Å². The minimum atomic E-state index is -0.469. The van der Waals surface area contributed by atoms with Crippen LogP contribution in [0.3, 0.4) is 0 Å². The fourth-order valence-corrected chi connectivity index (χ4v) is 2.53. The van der Waals surface area contributed by atoms with Crippen molar-refractivity contribution in [2.45, 2.75) is 39.2 Å². The molecule has 0 radical (unpaired) electrons. The summed E-state index contributed by atoms with van der Waals surface area (Å²) in [5, 5.41) is 12.9. The highest BCUT2D eigenvalue weighted by molar-refractivity contribution is 7.09. The first-order chi connectivity index (χ1) is 10.2. The summed E-state index contributed by atoms with van der Waals surface area (Å²) in [4.78, 5) is 5.46. The molecule has 0 aliphatic rings. The van der Waals surface area contributed by atoms with E-state index in [0.717, 1.165) is 38.1 Å². The van der Waals surface area contributed by atoms with Crippen molar-refractivity contribution in [1.29, 1.82) is 0 Å². The van der Waals surface area contributed by atoms with E-state index in [0.29, 0.717) is 26.4 Å². The Kier molecular flexibility index (Phi) is 10.6. The van der Waals surface area contributed by atoms with Gasteiger partial charge in [-0.15, -0.1) is 11.3 Å². The summed E-state index contributed by atoms with van der Waals surface area (Å²) in [7, 11) is 0. The normalized spacial score (nSPS) is 12.7. The van der Waals surface area contributed by atoms with Gasteiger partial charge in [0.25, 0.3) is 0 Å². The zero-order valence-electron chi connectivity index (χ0n) is 13.1. The zero-order chi connectivity index (χ0) is 15.3. The number of thiazole rings is 1. The molecule has 0 amide bonds. The molecule has 0 bridgehead atoms. The Morgan fingerprint density at radius 2 is 2.19 bits per heavy atom. The third-order valence-electron chi connectivity index (χ3n) is 3.07. The standard InChI is InChI=1S/C15H28N2O3S/c1-3-4-7-19-9-6-16-10-14(18)11-20-8-5-15-13(2)17-12-21-15/h12,14,16,18H,3-11H2,1-2H3. The van der Waals surface area contributed by atoms with Crippen LogP contribution >= 0.6 is 11.3 Å². The smallest absolute Gasteiger partial charge is 0.0897 e. The average molecular weight is 316 g/mol. The van der Waals surface area contributed by atoms with E-state index in [1.807, 2.05) is 12.4 Å². The lowest BCUT2D eigenvalue weighted by molar-refractivity contribution is 0.0371. The van der Waals surface area contributed by atoms with Crippen LogP contribution in [-0.4, -0.2) is 55.7 Å². The lowest BCUT2D eigenvalue weighted by Crippen LogP contribution is -2.32. The molecule has 0 saturated heterocycles. The molecule has 1 atom stereocenters. The monoisotopic (exact) mass is 316 g/mol. The minimum absolute atomic E-state index is 0.363. The van der Waals surface area contributed by atoms with Gasteiger partial charge in [0.2, 0.25) is 0 Å². The highest BCUT2D eigenvalue weighted by Crippen LogP contribution is 2.12. The van der Waals surface area contributed by atoms with Gasteiger partial charge < -0.3 is 19.9 Å². The molecule has 6 heteroatoms. The van der Waals surface area contributed by atoms with E-state index in [1.54, 1.807) is 11.3 Å². The number of aryl methyl sites for hydroxylation is 1. The largest absolute Gasteiger partial charge is 0.389 e. The number of aliphatic hydroxyl groups excluding tert-OH is 1. The van der Waals surface area contributed by atoms with Gasteiger partial charge in [-0.3, -0.25) is 0 Å². The van der Waals surface area contributed by atoms with E-state index in [1.165, 1.54) is 4.88 Å². The van der Waals surface area contributed by atoms with Gasteiger partial charge >= 0.3 is 0 Å². The highest BCUT2D eigenvalue weighted by Gasteiger charge is 2.05. The summed E-state index contributed by atoms with van der Waals surface area (Å²) in [6, 6.07) is 0. The third-order valence-corrected chi connectivity index (χ3v) is 4.07. The molecular formula is C15H28N2O3S. The molecule has 0 aliphatic carbocycles. The van der Waals surface area contributed by atoms with E-state index < -0.39 is 6.10 Å². The second-order valence-electron chi connectivity index (χ2n) is 5.01. The Balaban J connectivity index is 1.89. The molecule has 1 heterocycles. The van der Waals surface area contributed by atoms with Gasteiger partial charge in [0.1, 0.15) is 0 Å². The van der Waals surface area contributed by atoms with Gasteiger partial charge in [-0.05, 0) is 13.3 Å². The second kappa shape index (κ2) is 12.1. The van der Waals surface area contributed by atoms with Gasteiger partial charge in [0, 0.05) is 31.0 Å². The van der Waals surface area contributed by atoms with E-state index in [2.05, 4.69) is 17.2 Å². The predicted molar refractivity (Wildman–Crippen MR) is 86.0 cm³/mol. The van der Waals surface area contributed by atoms with Gasteiger partial charge in [0.15, 0.2) is 0 Å². The van der Waals surface area contributed by atoms with Crippen LogP contribution in [0.25, 0.3) is 0 Å². The molecule has 1 aromatic heterocycles. The number of nitrogens with zero attached hydrogens (tertiary/aromatic N) is 1. The van der Waals surface area contributed by atoms with Crippen LogP contribution in [0.1, 0.15) is 30.3 Å². The van der Waals surface area contributed by atoms with Crippen molar-refractivity contribution in [3.63, 3.8) is 0 Å². The van der Waals surface area contributed by atoms with Gasteiger partial charge in [-0.2, -0.15) is 0 Å². The molecule has 0 aromatic carbocycles. The van der Waals surface area contributed by atoms with Crippen LogP contribution in [0.5, 0.6) is 0 Å². The molecular weight excluding hydrogens is 288 g/mol. The molecule has 0 fully saturated rings. The number of aromatic nitrogens is 1. The Morgan fingerprint density at radius 1 is 1.33 bits per heavy atom. The number of unbranched alkanes of at least 4 members (excludes halogenated alkanes) is 1. The molecule has 0 saturated carbocycles. The highest BCUT2D eigenvalue weighted by atomic mass is 32.1. The van der Waals surface area contributed by atoms with Crippen molar-refractivity contribution < 1.29 is 14.6 Å². The SMILES string of the molecule is CCCCOCCNCC(O)COCCc1scnc1C. The van der Waals surface area contributed by atoms with Crippen LogP contribution in [0, 0.1) is 6.92 Å². The summed E-state index contributed by atoms with van der Waals surface area (Å²) in [5.41, 5.74) is 2.93. The molecule has 1 aromatic rings. The van der Waals surface area contributed by atoms with Crippen LogP contribution in [0.2, 0.25) is 0 Å². The number of hydrogen-bond acceptors (Lipinski definition) is 6. The molecule has 21 heavy (non-hydrogen) atoms. The van der Waals surface area contributed by atoms with Crippen LogP contribution in [0.4, 0.5) is 0 Å². The average Bonchev–Trinajstić information content (AvgIpc) is 2.88. The van der Waals surface area contributed by atoms with Crippen molar-refractivity contribution in [3.8, 4) is 0 Å². The second-order valence-corrected chi connectivity index (χ2v) is 5.95. The summed E-state index contributed by atoms with van der Waals surface area (Å²) in [6.45, 7) is 7.96. The van der Waals surface area contributed by atoms with Crippen molar-refractivity contribution >= 4 is 11.3 Å². The summed E-state index contributed by atoms with van der Waals surface area (Å²) in [5.74, 6) is 0. The van der Waals surface area contributed by atoms with Crippen LogP contribution < -0.4 is 5.32 Å². The maximum absolute atomic E-state index is 9.76.